The van der Waals surface area contributed by atoms with Crippen molar-refractivity contribution in [3.63, 3.8) is 0 Å². The summed E-state index contributed by atoms with van der Waals surface area (Å²) in [4.78, 5) is 27.2. The van der Waals surface area contributed by atoms with Crippen molar-refractivity contribution in [2.45, 2.75) is 25.2 Å². The van der Waals surface area contributed by atoms with E-state index in [1.54, 1.807) is 0 Å². The fourth-order valence-electron chi connectivity index (χ4n) is 2.25. The predicted molar refractivity (Wildman–Crippen MR) is 75.5 cm³/mol. The number of aliphatic hydroxyl groups excluding tert-OH is 1. The predicted octanol–water partition coefficient (Wildman–Crippen LogP) is -1.05. The van der Waals surface area contributed by atoms with E-state index in [1.807, 2.05) is 0 Å². The van der Waals surface area contributed by atoms with E-state index in [9.17, 15) is 9.59 Å². The highest BCUT2D eigenvalue weighted by Gasteiger charge is 2.36. The van der Waals surface area contributed by atoms with Crippen molar-refractivity contribution in [1.29, 1.82) is 5.26 Å². The first-order chi connectivity index (χ1) is 10.6. The van der Waals surface area contributed by atoms with E-state index in [2.05, 4.69) is 16.4 Å². The standard InChI is InChI=1S/C13H17N5O4/c14-3-1-11(20)16-10-2-4-18(13(21)17-10)12-8(6-15)5-9(7-19)22-12/h2,4,8-9,12,19H,1,3,5,7,14H2,(H,16,17,20,21)/t8-,9?,12-/m1/s1. The molecule has 3 atom stereocenters. The van der Waals surface area contributed by atoms with Gasteiger partial charge in [0.15, 0.2) is 6.23 Å². The Morgan fingerprint density at radius 3 is 3.05 bits per heavy atom. The molecule has 1 aliphatic rings. The Kier molecular flexibility index (Phi) is 5.21. The minimum Gasteiger partial charge on any atom is -0.394 e. The number of anilines is 1. The number of nitrogens with zero attached hydrogens (tertiary/aromatic N) is 3. The van der Waals surface area contributed by atoms with Gasteiger partial charge in [-0.2, -0.15) is 10.2 Å². The Bertz CT molecular complexity index is 638. The maximum absolute atomic E-state index is 12.0. The molecular weight excluding hydrogens is 290 g/mol. The van der Waals surface area contributed by atoms with Crippen LogP contribution in [0.5, 0.6) is 0 Å². The number of ether oxygens (including phenoxy) is 1. The molecule has 9 nitrogen and oxygen atoms in total. The van der Waals surface area contributed by atoms with Gasteiger partial charge in [0.2, 0.25) is 5.91 Å². The zero-order valence-corrected chi connectivity index (χ0v) is 11.8. The summed E-state index contributed by atoms with van der Waals surface area (Å²) < 4.78 is 6.67. The quantitative estimate of drug-likeness (QED) is 0.629. The van der Waals surface area contributed by atoms with Crippen molar-refractivity contribution in [3.05, 3.63) is 22.7 Å². The molecule has 1 saturated heterocycles. The molecule has 1 aliphatic heterocycles. The lowest BCUT2D eigenvalue weighted by Gasteiger charge is -2.16. The molecule has 0 radical (unpaired) electrons. The van der Waals surface area contributed by atoms with Gasteiger partial charge in [0, 0.05) is 19.2 Å². The molecule has 1 fully saturated rings. The molecule has 0 aromatic carbocycles. The first kappa shape index (κ1) is 16.1. The number of amides is 1. The Balaban J connectivity index is 2.18. The number of hydrogen-bond acceptors (Lipinski definition) is 7. The Morgan fingerprint density at radius 2 is 2.45 bits per heavy atom. The summed E-state index contributed by atoms with van der Waals surface area (Å²) in [7, 11) is 0. The highest BCUT2D eigenvalue weighted by molar-refractivity contribution is 5.89. The second-order valence-electron chi connectivity index (χ2n) is 4.89. The van der Waals surface area contributed by atoms with Crippen LogP contribution < -0.4 is 16.7 Å². The third-order valence-corrected chi connectivity index (χ3v) is 3.31. The SMILES string of the molecule is N#C[C@H]1CC(CO)O[C@H]1n1ccc(NC(=O)CCN)nc1=O. The summed E-state index contributed by atoms with van der Waals surface area (Å²) in [6, 6.07) is 3.50. The third-order valence-electron chi connectivity index (χ3n) is 3.31. The highest BCUT2D eigenvalue weighted by atomic mass is 16.5. The van der Waals surface area contributed by atoms with Crippen LogP contribution in [0.2, 0.25) is 0 Å². The molecule has 1 aromatic rings. The van der Waals surface area contributed by atoms with Crippen LogP contribution in [0.15, 0.2) is 17.1 Å². The topological polar surface area (TPSA) is 143 Å². The van der Waals surface area contributed by atoms with E-state index in [0.29, 0.717) is 6.42 Å². The number of aromatic nitrogens is 2. The van der Waals surface area contributed by atoms with E-state index >= 15 is 0 Å². The Morgan fingerprint density at radius 1 is 1.68 bits per heavy atom. The summed E-state index contributed by atoms with van der Waals surface area (Å²) >= 11 is 0. The molecule has 1 aromatic heterocycles. The van der Waals surface area contributed by atoms with E-state index in [-0.39, 0.29) is 31.3 Å². The highest BCUT2D eigenvalue weighted by Crippen LogP contribution is 2.32. The summed E-state index contributed by atoms with van der Waals surface area (Å²) in [5.41, 5.74) is 4.62. The second-order valence-corrected chi connectivity index (χ2v) is 4.89. The molecule has 9 heteroatoms. The first-order valence-electron chi connectivity index (χ1n) is 6.84. The van der Waals surface area contributed by atoms with Gasteiger partial charge in [0.25, 0.3) is 0 Å². The zero-order chi connectivity index (χ0) is 16.1. The van der Waals surface area contributed by atoms with Crippen molar-refractivity contribution >= 4 is 11.7 Å². The van der Waals surface area contributed by atoms with Crippen LogP contribution in [0.4, 0.5) is 5.82 Å². The molecule has 0 bridgehead atoms. The van der Waals surface area contributed by atoms with Gasteiger partial charge in [0.05, 0.1) is 24.7 Å². The van der Waals surface area contributed by atoms with Crippen LogP contribution in [0.25, 0.3) is 0 Å². The van der Waals surface area contributed by atoms with Crippen LogP contribution in [-0.4, -0.2) is 39.8 Å². The number of carbonyl (C=O) groups excluding carboxylic acids is 1. The molecule has 0 aliphatic carbocycles. The fraction of sp³-hybridized carbons (Fsp3) is 0.538. The largest absolute Gasteiger partial charge is 0.394 e. The van der Waals surface area contributed by atoms with E-state index in [1.165, 1.54) is 16.8 Å². The molecule has 2 rings (SSSR count). The number of rotatable bonds is 5. The van der Waals surface area contributed by atoms with Gasteiger partial charge in [-0.3, -0.25) is 9.36 Å². The minimum absolute atomic E-state index is 0.116. The van der Waals surface area contributed by atoms with Crippen LogP contribution in [-0.2, 0) is 9.53 Å². The minimum atomic E-state index is -0.795. The lowest BCUT2D eigenvalue weighted by atomic mass is 10.1. The average Bonchev–Trinajstić information content (AvgIpc) is 2.90. The van der Waals surface area contributed by atoms with Crippen molar-refractivity contribution < 1.29 is 14.6 Å². The summed E-state index contributed by atoms with van der Waals surface area (Å²) in [6.45, 7) is -0.0186. The number of nitrogens with one attached hydrogen (secondary N) is 1. The maximum Gasteiger partial charge on any atom is 0.351 e. The molecule has 2 heterocycles. The lowest BCUT2D eigenvalue weighted by Crippen LogP contribution is -2.30. The van der Waals surface area contributed by atoms with E-state index < -0.39 is 23.9 Å². The molecule has 4 N–H and O–H groups in total. The summed E-state index contributed by atoms with van der Waals surface area (Å²) in [6.07, 6.45) is 0.605. The van der Waals surface area contributed by atoms with Gasteiger partial charge in [-0.1, -0.05) is 0 Å². The molecule has 22 heavy (non-hydrogen) atoms. The van der Waals surface area contributed by atoms with E-state index in [4.69, 9.17) is 20.8 Å². The number of nitriles is 1. The number of aliphatic hydroxyl groups is 1. The van der Waals surface area contributed by atoms with Gasteiger partial charge in [-0.25, -0.2) is 4.79 Å². The Labute approximate surface area is 126 Å². The third kappa shape index (κ3) is 3.48. The van der Waals surface area contributed by atoms with Crippen molar-refractivity contribution in [1.82, 2.24) is 9.55 Å². The molecular formula is C13H17N5O4. The van der Waals surface area contributed by atoms with Crippen LogP contribution in [0.1, 0.15) is 19.1 Å². The van der Waals surface area contributed by atoms with Gasteiger partial charge in [-0.05, 0) is 12.5 Å². The number of carbonyl (C=O) groups is 1. The van der Waals surface area contributed by atoms with Gasteiger partial charge in [-0.15, -0.1) is 0 Å². The van der Waals surface area contributed by atoms with Crippen LogP contribution in [0.3, 0.4) is 0 Å². The molecule has 1 amide bonds. The first-order valence-corrected chi connectivity index (χ1v) is 6.84. The average molecular weight is 307 g/mol. The van der Waals surface area contributed by atoms with E-state index in [0.717, 1.165) is 0 Å². The monoisotopic (exact) mass is 307 g/mol. The molecule has 0 spiro atoms. The number of hydrogen-bond donors (Lipinski definition) is 3. The van der Waals surface area contributed by atoms with Crippen molar-refractivity contribution in [2.75, 3.05) is 18.5 Å². The normalized spacial score (nSPS) is 24.0. The smallest absolute Gasteiger partial charge is 0.351 e. The van der Waals surface area contributed by atoms with Gasteiger partial charge < -0.3 is 20.9 Å². The lowest BCUT2D eigenvalue weighted by molar-refractivity contribution is -0.116. The second kappa shape index (κ2) is 7.13. The van der Waals surface area contributed by atoms with Crippen LogP contribution in [0, 0.1) is 17.2 Å². The number of nitrogens with two attached hydrogens (primary N) is 1. The molecule has 1 unspecified atom stereocenters. The van der Waals surface area contributed by atoms with Crippen molar-refractivity contribution in [2.24, 2.45) is 11.7 Å². The molecule has 118 valence electrons. The van der Waals surface area contributed by atoms with Gasteiger partial charge in [0.1, 0.15) is 5.82 Å². The Hall–Kier alpha value is -2.28. The summed E-state index contributed by atoms with van der Waals surface area (Å²) in [5, 5.41) is 20.7. The maximum atomic E-state index is 12.0. The van der Waals surface area contributed by atoms with Crippen LogP contribution >= 0.6 is 0 Å². The van der Waals surface area contributed by atoms with Gasteiger partial charge >= 0.3 is 5.69 Å². The molecule has 0 saturated carbocycles. The fourth-order valence-corrected chi connectivity index (χ4v) is 2.25. The summed E-state index contributed by atoms with van der Waals surface area (Å²) in [5.74, 6) is -0.765. The zero-order valence-electron chi connectivity index (χ0n) is 11.8. The van der Waals surface area contributed by atoms with Crippen molar-refractivity contribution in [3.8, 4) is 6.07 Å².